The predicted molar refractivity (Wildman–Crippen MR) is 98.8 cm³/mol. The number of benzene rings is 2. The second-order valence-electron chi connectivity index (χ2n) is 5.84. The summed E-state index contributed by atoms with van der Waals surface area (Å²) in [6, 6.07) is 13.0. The quantitative estimate of drug-likeness (QED) is 0.629. The summed E-state index contributed by atoms with van der Waals surface area (Å²) in [6.07, 6.45) is -1.11. The minimum absolute atomic E-state index is 0.236. The van der Waals surface area contributed by atoms with Gasteiger partial charge in [0.15, 0.2) is 6.10 Å². The number of carbonyl (C=O) groups is 4. The lowest BCUT2D eigenvalue weighted by molar-refractivity contribution is -0.152. The molecule has 1 heterocycles. The molecule has 7 nitrogen and oxygen atoms in total. The smallest absolute Gasteiger partial charge is 0.326 e. The lowest BCUT2D eigenvalue weighted by Crippen LogP contribution is -2.38. The summed E-state index contributed by atoms with van der Waals surface area (Å²) in [5, 5.41) is 2.91. The van der Waals surface area contributed by atoms with E-state index < -0.39 is 36.2 Å². The van der Waals surface area contributed by atoms with Crippen LogP contribution in [0.4, 0.5) is 11.4 Å². The lowest BCUT2D eigenvalue weighted by atomic mass is 10.1. The molecule has 1 aliphatic rings. The van der Waals surface area contributed by atoms with Gasteiger partial charge in [-0.15, -0.1) is 0 Å². The number of hydrogen-bond acceptors (Lipinski definition) is 5. The molecule has 0 aliphatic carbocycles. The number of fused-ring (bicyclic) bond motifs is 1. The van der Waals surface area contributed by atoms with Crippen molar-refractivity contribution in [1.82, 2.24) is 0 Å². The van der Waals surface area contributed by atoms with E-state index in [1.807, 2.05) is 0 Å². The summed E-state index contributed by atoms with van der Waals surface area (Å²) in [5.41, 5.74) is 0.971. The van der Waals surface area contributed by atoms with Gasteiger partial charge < -0.3 is 10.1 Å². The Morgan fingerprint density at radius 2 is 1.78 bits per heavy atom. The van der Waals surface area contributed by atoms with Gasteiger partial charge in [-0.2, -0.15) is 0 Å². The third-order valence-electron chi connectivity index (χ3n) is 3.98. The van der Waals surface area contributed by atoms with Gasteiger partial charge in [0.25, 0.3) is 17.6 Å². The van der Waals surface area contributed by atoms with Crippen LogP contribution in [0, 0.1) is 0 Å². The van der Waals surface area contributed by atoms with Crippen LogP contribution in [0.25, 0.3) is 0 Å². The van der Waals surface area contributed by atoms with Crippen LogP contribution in [0.2, 0.25) is 5.02 Å². The standard InChI is InChI=1S/C19H15ClN2O5/c1-11(18(25)21-14-8-4-3-7-13(14)20)27-16(23)10-22-15-9-5-2-6-12(15)17(24)19(22)26/h2-9,11H,10H2,1H3,(H,21,25)/t11-/m0/s1. The van der Waals surface area contributed by atoms with Gasteiger partial charge in [-0.3, -0.25) is 24.1 Å². The zero-order valence-corrected chi connectivity index (χ0v) is 15.0. The number of amides is 2. The van der Waals surface area contributed by atoms with Crippen molar-refractivity contribution in [2.75, 3.05) is 16.8 Å². The highest BCUT2D eigenvalue weighted by atomic mass is 35.5. The molecule has 0 unspecified atom stereocenters. The first-order chi connectivity index (χ1) is 12.9. The van der Waals surface area contributed by atoms with E-state index in [0.29, 0.717) is 16.4 Å². The molecule has 0 spiro atoms. The number of para-hydroxylation sites is 2. The third-order valence-corrected chi connectivity index (χ3v) is 4.30. The van der Waals surface area contributed by atoms with E-state index in [4.69, 9.17) is 16.3 Å². The van der Waals surface area contributed by atoms with Crippen molar-refractivity contribution in [1.29, 1.82) is 0 Å². The van der Waals surface area contributed by atoms with E-state index in [9.17, 15) is 19.2 Å². The Kier molecular flexibility index (Phi) is 5.23. The molecule has 27 heavy (non-hydrogen) atoms. The van der Waals surface area contributed by atoms with Crippen molar-refractivity contribution in [3.8, 4) is 0 Å². The molecule has 0 bridgehead atoms. The predicted octanol–water partition coefficient (Wildman–Crippen LogP) is 2.44. The number of hydrogen-bond donors (Lipinski definition) is 1. The van der Waals surface area contributed by atoms with Gasteiger partial charge in [0.05, 0.1) is 22.0 Å². The molecule has 1 atom stereocenters. The summed E-state index contributed by atoms with van der Waals surface area (Å²) >= 11 is 5.97. The first-order valence-corrected chi connectivity index (χ1v) is 8.46. The molecule has 0 saturated heterocycles. The minimum Gasteiger partial charge on any atom is -0.451 e. The number of rotatable bonds is 5. The number of carbonyl (C=O) groups excluding carboxylic acids is 4. The molecular weight excluding hydrogens is 372 g/mol. The summed E-state index contributed by atoms with van der Waals surface area (Å²) in [5.74, 6) is -2.86. The van der Waals surface area contributed by atoms with Gasteiger partial charge >= 0.3 is 5.97 Å². The number of nitrogens with one attached hydrogen (secondary N) is 1. The van der Waals surface area contributed by atoms with Crippen LogP contribution < -0.4 is 10.2 Å². The molecule has 1 aliphatic heterocycles. The second-order valence-corrected chi connectivity index (χ2v) is 6.25. The summed E-state index contributed by atoms with van der Waals surface area (Å²) in [7, 11) is 0. The van der Waals surface area contributed by atoms with Crippen molar-refractivity contribution >= 4 is 46.5 Å². The summed E-state index contributed by atoms with van der Waals surface area (Å²) in [4.78, 5) is 49.4. The van der Waals surface area contributed by atoms with Crippen LogP contribution in [0.3, 0.4) is 0 Å². The van der Waals surface area contributed by atoms with Crippen LogP contribution in [0.15, 0.2) is 48.5 Å². The zero-order chi connectivity index (χ0) is 19.6. The lowest BCUT2D eigenvalue weighted by Gasteiger charge is -2.18. The SMILES string of the molecule is C[C@H](OC(=O)CN1C(=O)C(=O)c2ccccc21)C(=O)Nc1ccccc1Cl. The largest absolute Gasteiger partial charge is 0.451 e. The first-order valence-electron chi connectivity index (χ1n) is 8.08. The average Bonchev–Trinajstić information content (AvgIpc) is 2.89. The molecule has 0 aromatic heterocycles. The number of ether oxygens (including phenoxy) is 1. The molecular formula is C19H15ClN2O5. The minimum atomic E-state index is -1.11. The monoisotopic (exact) mass is 386 g/mol. The van der Waals surface area contributed by atoms with Crippen molar-refractivity contribution in [2.45, 2.75) is 13.0 Å². The molecule has 3 rings (SSSR count). The van der Waals surface area contributed by atoms with Gasteiger partial charge in [0, 0.05) is 0 Å². The Morgan fingerprint density at radius 3 is 2.52 bits per heavy atom. The van der Waals surface area contributed by atoms with Crippen LogP contribution in [-0.2, 0) is 19.1 Å². The van der Waals surface area contributed by atoms with Crippen LogP contribution in [-0.4, -0.2) is 36.2 Å². The van der Waals surface area contributed by atoms with Gasteiger partial charge in [0.1, 0.15) is 6.54 Å². The third kappa shape index (κ3) is 3.83. The Morgan fingerprint density at radius 1 is 1.11 bits per heavy atom. The highest BCUT2D eigenvalue weighted by molar-refractivity contribution is 6.52. The topological polar surface area (TPSA) is 92.8 Å². The van der Waals surface area contributed by atoms with Crippen LogP contribution in [0.1, 0.15) is 17.3 Å². The Balaban J connectivity index is 1.62. The fourth-order valence-electron chi connectivity index (χ4n) is 2.62. The zero-order valence-electron chi connectivity index (χ0n) is 14.3. The Bertz CT molecular complexity index is 943. The van der Waals surface area contributed by atoms with E-state index in [1.54, 1.807) is 42.5 Å². The van der Waals surface area contributed by atoms with E-state index in [1.165, 1.54) is 13.0 Å². The van der Waals surface area contributed by atoms with Gasteiger partial charge in [-0.25, -0.2) is 0 Å². The summed E-state index contributed by atoms with van der Waals surface area (Å²) in [6.45, 7) is 0.931. The number of ketones is 1. The normalized spacial score (nSPS) is 13.9. The van der Waals surface area contributed by atoms with Crippen molar-refractivity contribution < 1.29 is 23.9 Å². The maximum Gasteiger partial charge on any atom is 0.326 e. The maximum absolute atomic E-state index is 12.2. The van der Waals surface area contributed by atoms with Crippen molar-refractivity contribution in [3.63, 3.8) is 0 Å². The molecule has 2 amide bonds. The average molecular weight is 387 g/mol. The van der Waals surface area contributed by atoms with Crippen molar-refractivity contribution in [2.24, 2.45) is 0 Å². The van der Waals surface area contributed by atoms with E-state index >= 15 is 0 Å². The van der Waals surface area contributed by atoms with E-state index in [2.05, 4.69) is 5.32 Å². The fourth-order valence-corrected chi connectivity index (χ4v) is 2.80. The molecule has 0 saturated carbocycles. The highest BCUT2D eigenvalue weighted by Gasteiger charge is 2.37. The number of anilines is 2. The van der Waals surface area contributed by atoms with Crippen LogP contribution >= 0.6 is 11.6 Å². The number of halogens is 1. The molecule has 138 valence electrons. The molecule has 0 radical (unpaired) electrons. The molecule has 2 aromatic rings. The second kappa shape index (κ2) is 7.59. The fraction of sp³-hybridized carbons (Fsp3) is 0.158. The Hall–Kier alpha value is -3.19. The molecule has 8 heteroatoms. The first kappa shape index (κ1) is 18.6. The van der Waals surface area contributed by atoms with E-state index in [0.717, 1.165) is 4.90 Å². The van der Waals surface area contributed by atoms with Crippen LogP contribution in [0.5, 0.6) is 0 Å². The molecule has 1 N–H and O–H groups in total. The molecule has 2 aromatic carbocycles. The summed E-state index contributed by atoms with van der Waals surface area (Å²) < 4.78 is 5.09. The van der Waals surface area contributed by atoms with Crippen molar-refractivity contribution in [3.05, 3.63) is 59.1 Å². The molecule has 0 fully saturated rings. The van der Waals surface area contributed by atoms with E-state index in [-0.39, 0.29) is 5.56 Å². The van der Waals surface area contributed by atoms with Gasteiger partial charge in [-0.1, -0.05) is 35.9 Å². The van der Waals surface area contributed by atoms with Gasteiger partial charge in [0.2, 0.25) is 0 Å². The number of esters is 1. The number of nitrogens with zero attached hydrogens (tertiary/aromatic N) is 1. The number of Topliss-reactive ketones (excluding diaryl/α,β-unsaturated/α-hetero) is 1. The maximum atomic E-state index is 12.2. The van der Waals surface area contributed by atoms with Gasteiger partial charge in [-0.05, 0) is 31.2 Å². The Labute approximate surface area is 159 Å². The highest BCUT2D eigenvalue weighted by Crippen LogP contribution is 2.28.